The third-order valence-electron chi connectivity index (χ3n) is 13.7. The van der Waals surface area contributed by atoms with E-state index < -0.39 is 23.0 Å². The second kappa shape index (κ2) is 25.8. The first kappa shape index (κ1) is 65.0. The number of hydrogen-bond donors (Lipinski definition) is 0. The molecule has 0 bridgehead atoms. The van der Waals surface area contributed by atoms with Crippen molar-refractivity contribution >= 4 is 209 Å². The van der Waals surface area contributed by atoms with Crippen molar-refractivity contribution in [3.05, 3.63) is 295 Å². The Labute approximate surface area is 595 Å². The Morgan fingerprint density at radius 2 is 0.478 bits per heavy atom. The maximum absolute atomic E-state index is 7.54. The van der Waals surface area contributed by atoms with Crippen molar-refractivity contribution in [2.24, 2.45) is 13.5 Å². The molecular formula is C62H28Cl16N3O6P3. The summed E-state index contributed by atoms with van der Waals surface area (Å²) >= 11 is 112. The third-order valence-corrected chi connectivity index (χ3v) is 26.2. The van der Waals surface area contributed by atoms with Gasteiger partial charge in [-0.2, -0.15) is 0 Å². The third kappa shape index (κ3) is 12.5. The lowest BCUT2D eigenvalue weighted by molar-refractivity contribution is 0.448. The quantitative estimate of drug-likeness (QED) is 0.100. The van der Waals surface area contributed by atoms with Crippen LogP contribution < -0.4 is 27.1 Å². The summed E-state index contributed by atoms with van der Waals surface area (Å²) in [4.78, 5) is 0. The van der Waals surface area contributed by atoms with Gasteiger partial charge in [0.2, 0.25) is 0 Å². The number of fused-ring (bicyclic) bond motifs is 6. The fourth-order valence-corrected chi connectivity index (χ4v) is 24.6. The van der Waals surface area contributed by atoms with Gasteiger partial charge in [0.05, 0.1) is 31.9 Å². The van der Waals surface area contributed by atoms with E-state index in [0.29, 0.717) is 45.3 Å². The molecule has 2 radical (unpaired) electrons. The van der Waals surface area contributed by atoms with Crippen LogP contribution in [-0.4, -0.2) is 0 Å². The molecule has 13 rings (SSSR count). The molecule has 3 aliphatic heterocycles. The first-order valence-corrected chi connectivity index (χ1v) is 36.4. The summed E-state index contributed by atoms with van der Waals surface area (Å²) in [5.41, 5.74) is 3.66. The van der Waals surface area contributed by atoms with Crippen LogP contribution >= 0.6 is 209 Å². The Kier molecular flexibility index (Phi) is 18.6. The molecular weight excluding hydrogens is 1540 g/mol. The Bertz CT molecular complexity index is 4250. The van der Waals surface area contributed by atoms with Crippen molar-refractivity contribution in [2.45, 2.75) is 0 Å². The van der Waals surface area contributed by atoms with Crippen LogP contribution in [0.15, 0.2) is 183 Å². The van der Waals surface area contributed by atoms with Crippen LogP contribution in [0.4, 0.5) is 0 Å². The van der Waals surface area contributed by atoms with Crippen LogP contribution in [-0.2, 0) is 0 Å². The van der Waals surface area contributed by atoms with Crippen molar-refractivity contribution in [1.29, 1.82) is 0 Å². The average molecular weight is 1570 g/mol. The van der Waals surface area contributed by atoms with E-state index in [2.05, 4.69) is 0 Å². The standard InChI is InChI=1S/C62H28Cl16N3O6P3/c63-29-17-39(67)55(40(68)18-29)61(56-41(69)19-30(64)20-42(56)70)59-47(75)25-33(26-48(59)76)82-88(83-34-27-49(77)60(50(78)28-34)62(57-43(71)21-31(65)22-44(57)72)58-45(73)23-32(66)24-46(58)74)79-89(84-51-13-5-1-9-35(51)36-10-2-6-14-52(36)85-89)81-90(80-88)86-53-15-7-3-11-37(53)38-12-4-8-16-54(38)87-90/h1-28H. The molecule has 3 heterocycles. The van der Waals surface area contributed by atoms with Gasteiger partial charge in [-0.05, 0) is 97.1 Å². The Balaban J connectivity index is 1.09. The van der Waals surface area contributed by atoms with Crippen LogP contribution in [0.3, 0.4) is 0 Å². The van der Waals surface area contributed by atoms with Crippen LogP contribution in [0.2, 0.25) is 80.4 Å². The average Bonchev–Trinajstić information content (AvgIpc) is 1.26. The van der Waals surface area contributed by atoms with E-state index in [4.69, 9.17) is 226 Å². The highest BCUT2D eigenvalue weighted by molar-refractivity contribution is 7.79. The second-order valence-electron chi connectivity index (χ2n) is 19.5. The molecule has 0 amide bonds. The van der Waals surface area contributed by atoms with Gasteiger partial charge in [0.25, 0.3) is 0 Å². The summed E-state index contributed by atoms with van der Waals surface area (Å²) in [6.07, 6.45) is 0. The lowest BCUT2D eigenvalue weighted by atomic mass is 9.84. The zero-order chi connectivity index (χ0) is 63.3. The number of halogens is 16. The smallest absolute Gasteiger partial charge is 0.413 e. The zero-order valence-corrected chi connectivity index (χ0v) is 59.1. The number of nitrogens with zero attached hydrogens (tertiary/aromatic N) is 3. The minimum atomic E-state index is -4.78. The van der Waals surface area contributed by atoms with Crippen molar-refractivity contribution in [3.63, 3.8) is 0 Å². The summed E-state index contributed by atoms with van der Waals surface area (Å²) in [7, 11) is -13.6. The van der Waals surface area contributed by atoms with Gasteiger partial charge in [-0.1, -0.05) is 272 Å². The van der Waals surface area contributed by atoms with Crippen molar-refractivity contribution in [1.82, 2.24) is 0 Å². The molecule has 2 spiro atoms. The molecule has 0 atom stereocenters. The molecule has 454 valence electrons. The monoisotopic (exact) mass is 1560 g/mol. The van der Waals surface area contributed by atoms with E-state index in [1.165, 1.54) is 72.8 Å². The van der Waals surface area contributed by atoms with Gasteiger partial charge in [-0.25, -0.2) is 0 Å². The predicted octanol–water partition coefficient (Wildman–Crippen LogP) is 28.8. The molecule has 0 unspecified atom stereocenters. The lowest BCUT2D eigenvalue weighted by Crippen LogP contribution is -2.12. The molecule has 3 aliphatic rings. The molecule has 90 heavy (non-hydrogen) atoms. The van der Waals surface area contributed by atoms with Crippen LogP contribution in [0.25, 0.3) is 22.3 Å². The summed E-state index contributed by atoms with van der Waals surface area (Å²) < 4.78 is 59.2. The van der Waals surface area contributed by atoms with Gasteiger partial charge in [0, 0.05) is 116 Å². The topological polar surface area (TPSA) is 92.5 Å². The van der Waals surface area contributed by atoms with E-state index >= 15 is 0 Å². The van der Waals surface area contributed by atoms with E-state index in [1.54, 1.807) is 48.5 Å². The molecule has 0 aliphatic carbocycles. The number of rotatable bonds is 10. The molecule has 10 aromatic rings. The molecule has 0 aromatic heterocycles. The summed E-state index contributed by atoms with van der Waals surface area (Å²) in [5.74, 6) is 1.41. The van der Waals surface area contributed by atoms with Gasteiger partial charge in [0.1, 0.15) is 34.5 Å². The van der Waals surface area contributed by atoms with Gasteiger partial charge in [0.15, 0.2) is 0 Å². The minimum Gasteiger partial charge on any atom is -0.413 e. The van der Waals surface area contributed by atoms with Crippen LogP contribution in [0, 0.1) is 11.8 Å². The van der Waals surface area contributed by atoms with E-state index in [9.17, 15) is 0 Å². The first-order chi connectivity index (χ1) is 43.0. The Hall–Kier alpha value is -3.67. The first-order valence-electron chi connectivity index (χ1n) is 25.8. The van der Waals surface area contributed by atoms with E-state index in [-0.39, 0.29) is 137 Å². The minimum absolute atomic E-state index is 0.0716. The van der Waals surface area contributed by atoms with Gasteiger partial charge >= 0.3 is 23.0 Å². The van der Waals surface area contributed by atoms with Crippen molar-refractivity contribution < 1.29 is 27.1 Å². The van der Waals surface area contributed by atoms with Crippen LogP contribution in [0.1, 0.15) is 33.4 Å². The molecule has 0 saturated heterocycles. The van der Waals surface area contributed by atoms with E-state index in [0.717, 1.165) is 0 Å². The number of hydrogen-bond acceptors (Lipinski definition) is 9. The van der Waals surface area contributed by atoms with E-state index in [1.807, 2.05) is 48.5 Å². The normalized spacial score (nSPS) is 14.6. The maximum atomic E-state index is 7.54. The summed E-state index contributed by atoms with van der Waals surface area (Å²) in [6.45, 7) is 0. The van der Waals surface area contributed by atoms with Crippen molar-refractivity contribution in [3.8, 4) is 56.8 Å². The van der Waals surface area contributed by atoms with Crippen molar-refractivity contribution in [2.75, 3.05) is 0 Å². The Morgan fingerprint density at radius 1 is 0.267 bits per heavy atom. The largest absolute Gasteiger partial charge is 0.460 e. The zero-order valence-electron chi connectivity index (χ0n) is 44.3. The molecule has 0 saturated carbocycles. The molecule has 10 aromatic carbocycles. The highest BCUT2D eigenvalue weighted by Gasteiger charge is 2.51. The number of benzene rings is 10. The lowest BCUT2D eigenvalue weighted by Gasteiger charge is -2.32. The maximum Gasteiger partial charge on any atom is 0.460 e. The molecule has 0 N–H and O–H groups in total. The summed E-state index contributed by atoms with van der Waals surface area (Å²) in [6, 6.07) is 46.7. The Morgan fingerprint density at radius 3 is 0.722 bits per heavy atom. The fraction of sp³-hybridized carbons (Fsp3) is 0. The van der Waals surface area contributed by atoms with Gasteiger partial charge in [-0.15, -0.1) is 0 Å². The molecule has 28 heteroatoms. The SMILES string of the molecule is Clc1cc(Cl)c([C](c2c(Cl)cc(Cl)cc2Cl)c2c(Cl)cc(OP3(Oc4cc(Cl)c([C](c5c(Cl)cc(Cl)cc5Cl)c5c(Cl)cc(Cl)cc5Cl)c(Cl)c4)=NP4(=NP5(=N3)Oc3ccccc3-c3ccccc3O5)Oc3ccccc3-c3ccccc3O4)cc2Cl)c(Cl)c1. The highest BCUT2D eigenvalue weighted by Crippen LogP contribution is 2.80. The van der Waals surface area contributed by atoms with Crippen LogP contribution in [0.5, 0.6) is 34.5 Å². The molecule has 9 nitrogen and oxygen atoms in total. The van der Waals surface area contributed by atoms with Gasteiger partial charge < -0.3 is 27.1 Å². The summed E-state index contributed by atoms with van der Waals surface area (Å²) in [5, 5.41) is 1.35. The second-order valence-corrected chi connectivity index (χ2v) is 32.3. The highest BCUT2D eigenvalue weighted by atomic mass is 35.5. The fourth-order valence-electron chi connectivity index (χ4n) is 10.2. The predicted molar refractivity (Wildman–Crippen MR) is 375 cm³/mol. The number of para-hydroxylation sites is 4. The van der Waals surface area contributed by atoms with Gasteiger partial charge in [-0.3, -0.25) is 0 Å². The molecule has 0 fully saturated rings.